The van der Waals surface area contributed by atoms with Gasteiger partial charge in [0.15, 0.2) is 0 Å². The van der Waals surface area contributed by atoms with Gasteiger partial charge in [-0.25, -0.2) is 0 Å². The van der Waals surface area contributed by atoms with E-state index in [-0.39, 0.29) is 0 Å². The van der Waals surface area contributed by atoms with E-state index in [1.807, 2.05) is 30.5 Å². The van der Waals surface area contributed by atoms with Crippen molar-refractivity contribution in [2.24, 2.45) is 5.10 Å². The summed E-state index contributed by atoms with van der Waals surface area (Å²) in [4.78, 5) is 1.59. The summed E-state index contributed by atoms with van der Waals surface area (Å²) in [5, 5.41) is 7.58. The van der Waals surface area contributed by atoms with E-state index in [2.05, 4.69) is 70.8 Å². The van der Waals surface area contributed by atoms with Gasteiger partial charge >= 0.3 is 0 Å². The van der Waals surface area contributed by atoms with Gasteiger partial charge in [-0.2, -0.15) is 5.10 Å². The van der Waals surface area contributed by atoms with Crippen LogP contribution in [0.2, 0.25) is 5.02 Å². The number of piperazine rings is 1. The molecule has 1 aliphatic rings. The van der Waals surface area contributed by atoms with Crippen LogP contribution in [-0.2, 0) is 0 Å². The topological polar surface area (TPSA) is 20.0 Å². The molecule has 0 bridgehead atoms. The summed E-state index contributed by atoms with van der Waals surface area (Å²) in [6.45, 7) is 4.01. The molecule has 3 aromatic rings. The van der Waals surface area contributed by atoms with Gasteiger partial charge in [-0.3, -0.25) is 5.01 Å². The predicted molar refractivity (Wildman–Crippen MR) is 116 cm³/mol. The molecule has 1 saturated heterocycles. The summed E-state index contributed by atoms with van der Waals surface area (Å²) in [5.74, 6) is 0. The standard InChI is InChI=1S/C24H24ClN3/c25-23-13-7-8-20(18-23)19-26-28-16-14-27(15-17-28)24(21-9-3-1-4-10-21)22-11-5-2-6-12-22/h1-13,18-19,24H,14-17H2/p+1/b26-19-. The molecule has 1 N–H and O–H groups in total. The summed E-state index contributed by atoms with van der Waals surface area (Å²) in [6, 6.07) is 29.9. The molecule has 1 heterocycles. The van der Waals surface area contributed by atoms with Crippen LogP contribution in [0, 0.1) is 0 Å². The van der Waals surface area contributed by atoms with Crippen molar-refractivity contribution in [1.82, 2.24) is 5.01 Å². The van der Waals surface area contributed by atoms with Crippen LogP contribution >= 0.6 is 11.6 Å². The lowest BCUT2D eigenvalue weighted by molar-refractivity contribution is -0.929. The molecule has 142 valence electrons. The van der Waals surface area contributed by atoms with Crippen molar-refractivity contribution in [3.05, 3.63) is 107 Å². The van der Waals surface area contributed by atoms with Crippen molar-refractivity contribution in [3.8, 4) is 0 Å². The third-order valence-electron chi connectivity index (χ3n) is 5.27. The molecule has 3 aromatic carbocycles. The molecule has 4 heteroatoms. The van der Waals surface area contributed by atoms with E-state index in [0.29, 0.717) is 6.04 Å². The molecule has 0 radical (unpaired) electrons. The minimum atomic E-state index is 0.362. The monoisotopic (exact) mass is 390 g/mol. The Morgan fingerprint density at radius 2 is 1.43 bits per heavy atom. The SMILES string of the molecule is Clc1cccc(/C=N\N2CC[NH+](C(c3ccccc3)c3ccccc3)CC2)c1. The molecule has 3 nitrogen and oxygen atoms in total. The largest absolute Gasteiger partial charge is 0.322 e. The number of hydrazone groups is 1. The minimum Gasteiger partial charge on any atom is -0.322 e. The fourth-order valence-corrected chi connectivity index (χ4v) is 4.08. The van der Waals surface area contributed by atoms with Gasteiger partial charge in [0, 0.05) is 16.1 Å². The van der Waals surface area contributed by atoms with Crippen molar-refractivity contribution in [3.63, 3.8) is 0 Å². The van der Waals surface area contributed by atoms with Crippen LogP contribution in [0.4, 0.5) is 0 Å². The molecule has 0 spiro atoms. The third kappa shape index (κ3) is 4.61. The van der Waals surface area contributed by atoms with Crippen molar-refractivity contribution in [2.75, 3.05) is 26.2 Å². The third-order valence-corrected chi connectivity index (χ3v) is 5.51. The summed E-state index contributed by atoms with van der Waals surface area (Å²) in [5.41, 5.74) is 3.79. The fourth-order valence-electron chi connectivity index (χ4n) is 3.88. The maximum atomic E-state index is 6.06. The maximum Gasteiger partial charge on any atom is 0.139 e. The highest BCUT2D eigenvalue weighted by Crippen LogP contribution is 2.19. The molecular formula is C24H25ClN3+. The summed E-state index contributed by atoms with van der Waals surface area (Å²) < 4.78 is 0. The van der Waals surface area contributed by atoms with E-state index in [4.69, 9.17) is 11.6 Å². The first-order chi connectivity index (χ1) is 13.8. The summed E-state index contributed by atoms with van der Waals surface area (Å²) in [6.07, 6.45) is 1.91. The number of nitrogens with one attached hydrogen (secondary N) is 1. The molecule has 28 heavy (non-hydrogen) atoms. The Morgan fingerprint density at radius 3 is 2.00 bits per heavy atom. The number of rotatable bonds is 5. The lowest BCUT2D eigenvalue weighted by atomic mass is 9.96. The van der Waals surface area contributed by atoms with E-state index >= 15 is 0 Å². The molecule has 1 aliphatic heterocycles. The zero-order chi connectivity index (χ0) is 19.2. The summed E-state index contributed by atoms with van der Waals surface area (Å²) >= 11 is 6.06. The van der Waals surface area contributed by atoms with Crippen LogP contribution in [0.3, 0.4) is 0 Å². The number of nitrogens with zero attached hydrogens (tertiary/aromatic N) is 2. The van der Waals surface area contributed by atoms with Crippen molar-refractivity contribution in [2.45, 2.75) is 6.04 Å². The smallest absolute Gasteiger partial charge is 0.139 e. The van der Waals surface area contributed by atoms with Crippen LogP contribution in [0.1, 0.15) is 22.7 Å². The highest BCUT2D eigenvalue weighted by Gasteiger charge is 2.29. The maximum absolute atomic E-state index is 6.06. The number of quaternary nitrogens is 1. The first kappa shape index (κ1) is 18.7. The zero-order valence-electron chi connectivity index (χ0n) is 15.8. The highest BCUT2D eigenvalue weighted by atomic mass is 35.5. The van der Waals surface area contributed by atoms with Gasteiger partial charge in [0.2, 0.25) is 0 Å². The Hall–Kier alpha value is -2.62. The van der Waals surface area contributed by atoms with Crippen molar-refractivity contribution in [1.29, 1.82) is 0 Å². The Morgan fingerprint density at radius 1 is 0.821 bits per heavy atom. The highest BCUT2D eigenvalue weighted by molar-refractivity contribution is 6.30. The van der Waals surface area contributed by atoms with Crippen LogP contribution in [0.25, 0.3) is 0 Å². The zero-order valence-corrected chi connectivity index (χ0v) is 16.6. The normalized spacial score (nSPS) is 15.4. The fraction of sp³-hybridized carbons (Fsp3) is 0.208. The Balaban J connectivity index is 1.46. The van der Waals surface area contributed by atoms with Gasteiger partial charge in [-0.15, -0.1) is 0 Å². The molecule has 0 amide bonds. The molecule has 0 unspecified atom stereocenters. The number of halogens is 1. The second-order valence-electron chi connectivity index (χ2n) is 7.17. The lowest BCUT2D eigenvalue weighted by Crippen LogP contribution is -3.15. The molecule has 1 fully saturated rings. The van der Waals surface area contributed by atoms with Crippen LogP contribution in [0.5, 0.6) is 0 Å². The van der Waals surface area contributed by atoms with Crippen LogP contribution in [0.15, 0.2) is 90.0 Å². The second kappa shape index (κ2) is 9.05. The van der Waals surface area contributed by atoms with Gasteiger partial charge in [0.25, 0.3) is 0 Å². The Labute approximate surface area is 171 Å². The Bertz CT molecular complexity index is 864. The van der Waals surface area contributed by atoms with E-state index in [0.717, 1.165) is 36.8 Å². The predicted octanol–water partition coefficient (Wildman–Crippen LogP) is 3.66. The van der Waals surface area contributed by atoms with Gasteiger partial charge in [0.1, 0.15) is 6.04 Å². The first-order valence-corrected chi connectivity index (χ1v) is 10.2. The van der Waals surface area contributed by atoms with E-state index in [1.165, 1.54) is 11.1 Å². The minimum absolute atomic E-state index is 0.362. The molecule has 0 saturated carbocycles. The summed E-state index contributed by atoms with van der Waals surface area (Å²) in [7, 11) is 0. The average Bonchev–Trinajstić information content (AvgIpc) is 2.75. The molecule has 0 aromatic heterocycles. The van der Waals surface area contributed by atoms with Gasteiger partial charge in [-0.05, 0) is 17.7 Å². The van der Waals surface area contributed by atoms with Crippen LogP contribution < -0.4 is 4.90 Å². The quantitative estimate of drug-likeness (QED) is 0.659. The average molecular weight is 391 g/mol. The molecule has 0 aliphatic carbocycles. The molecule has 0 atom stereocenters. The lowest BCUT2D eigenvalue weighted by Gasteiger charge is -2.35. The molecular weight excluding hydrogens is 366 g/mol. The van der Waals surface area contributed by atoms with Gasteiger partial charge in [-0.1, -0.05) is 84.4 Å². The Kier molecular flexibility index (Phi) is 6.05. The van der Waals surface area contributed by atoms with Crippen LogP contribution in [-0.4, -0.2) is 37.4 Å². The second-order valence-corrected chi connectivity index (χ2v) is 7.60. The number of benzene rings is 3. The first-order valence-electron chi connectivity index (χ1n) is 9.78. The van der Waals surface area contributed by atoms with E-state index < -0.39 is 0 Å². The van der Waals surface area contributed by atoms with E-state index in [1.54, 1.807) is 4.90 Å². The molecule has 4 rings (SSSR count). The van der Waals surface area contributed by atoms with Gasteiger partial charge in [0.05, 0.1) is 32.4 Å². The van der Waals surface area contributed by atoms with Crippen molar-refractivity contribution < 1.29 is 4.90 Å². The van der Waals surface area contributed by atoms with Gasteiger partial charge < -0.3 is 4.90 Å². The number of hydrogen-bond donors (Lipinski definition) is 1. The van der Waals surface area contributed by atoms with E-state index in [9.17, 15) is 0 Å². The number of hydrogen-bond acceptors (Lipinski definition) is 2. The van der Waals surface area contributed by atoms with Crippen molar-refractivity contribution >= 4 is 17.8 Å².